The van der Waals surface area contributed by atoms with E-state index >= 15 is 0 Å². The fourth-order valence-corrected chi connectivity index (χ4v) is 4.11. The lowest BCUT2D eigenvalue weighted by molar-refractivity contribution is 0.229. The van der Waals surface area contributed by atoms with Crippen LogP contribution in [0.3, 0.4) is 0 Å². The minimum Gasteiger partial charge on any atom is -0.497 e. The van der Waals surface area contributed by atoms with Crippen LogP contribution in [0.15, 0.2) is 48.5 Å². The summed E-state index contributed by atoms with van der Waals surface area (Å²) >= 11 is 6.24. The monoisotopic (exact) mass is 426 g/mol. The first-order chi connectivity index (χ1) is 14.6. The Morgan fingerprint density at radius 1 is 1.13 bits per heavy atom. The SMILES string of the molecule is CCNc1nc(Cl)nc2c1CN(Cc1ccc(OC)cc1)CC2c1ccc(F)cc1. The van der Waals surface area contributed by atoms with Gasteiger partial charge in [0, 0.05) is 37.7 Å². The van der Waals surface area contributed by atoms with E-state index in [1.807, 2.05) is 31.2 Å². The highest BCUT2D eigenvalue weighted by Gasteiger charge is 2.31. The number of anilines is 1. The molecule has 0 bridgehead atoms. The number of rotatable bonds is 6. The van der Waals surface area contributed by atoms with Crippen molar-refractivity contribution in [1.82, 2.24) is 14.9 Å². The fraction of sp³-hybridized carbons (Fsp3) is 0.304. The summed E-state index contributed by atoms with van der Waals surface area (Å²) in [6.45, 7) is 4.99. The number of methoxy groups -OCH3 is 1. The molecule has 30 heavy (non-hydrogen) atoms. The van der Waals surface area contributed by atoms with Gasteiger partial charge in [0.15, 0.2) is 0 Å². The highest BCUT2D eigenvalue weighted by molar-refractivity contribution is 6.28. The molecule has 1 aromatic heterocycles. The molecule has 0 aliphatic carbocycles. The summed E-state index contributed by atoms with van der Waals surface area (Å²) in [5, 5.41) is 3.54. The molecular formula is C23H24ClFN4O. The molecule has 1 unspecified atom stereocenters. The van der Waals surface area contributed by atoms with Crippen LogP contribution in [0, 0.1) is 5.82 Å². The van der Waals surface area contributed by atoms with Crippen LogP contribution in [0.1, 0.15) is 35.2 Å². The first-order valence-electron chi connectivity index (χ1n) is 9.98. The zero-order valence-electron chi connectivity index (χ0n) is 17.0. The molecule has 2 heterocycles. The molecule has 1 aliphatic rings. The third-order valence-electron chi connectivity index (χ3n) is 5.35. The van der Waals surface area contributed by atoms with Gasteiger partial charge in [-0.2, -0.15) is 0 Å². The average Bonchev–Trinajstić information content (AvgIpc) is 2.75. The van der Waals surface area contributed by atoms with Crippen LogP contribution in [-0.2, 0) is 13.1 Å². The molecule has 4 rings (SSSR count). The highest BCUT2D eigenvalue weighted by Crippen LogP contribution is 2.36. The third-order valence-corrected chi connectivity index (χ3v) is 5.52. The van der Waals surface area contributed by atoms with Crippen LogP contribution in [0.2, 0.25) is 5.28 Å². The molecule has 0 fully saturated rings. The molecule has 5 nitrogen and oxygen atoms in total. The second-order valence-electron chi connectivity index (χ2n) is 7.36. The van der Waals surface area contributed by atoms with Crippen molar-refractivity contribution in [3.8, 4) is 5.75 Å². The summed E-state index contributed by atoms with van der Waals surface area (Å²) in [4.78, 5) is 11.4. The van der Waals surface area contributed by atoms with Gasteiger partial charge in [0.1, 0.15) is 17.4 Å². The van der Waals surface area contributed by atoms with Crippen LogP contribution >= 0.6 is 11.6 Å². The summed E-state index contributed by atoms with van der Waals surface area (Å²) < 4.78 is 18.8. The maximum atomic E-state index is 13.5. The fourth-order valence-electron chi connectivity index (χ4n) is 3.93. The van der Waals surface area contributed by atoms with Crippen LogP contribution in [0.4, 0.5) is 10.2 Å². The van der Waals surface area contributed by atoms with Crippen molar-refractivity contribution >= 4 is 17.4 Å². The van der Waals surface area contributed by atoms with E-state index in [2.05, 4.69) is 32.3 Å². The minimum absolute atomic E-state index is 0.0227. The number of nitrogens with zero attached hydrogens (tertiary/aromatic N) is 3. The Labute approximate surface area is 180 Å². The van der Waals surface area contributed by atoms with E-state index < -0.39 is 0 Å². The molecule has 1 N–H and O–H groups in total. The molecule has 0 radical (unpaired) electrons. The lowest BCUT2D eigenvalue weighted by atomic mass is 9.88. The van der Waals surface area contributed by atoms with Gasteiger partial charge in [-0.25, -0.2) is 14.4 Å². The normalized spacial score (nSPS) is 16.2. The average molecular weight is 427 g/mol. The van der Waals surface area contributed by atoms with E-state index in [4.69, 9.17) is 16.3 Å². The number of nitrogens with one attached hydrogen (secondary N) is 1. The van der Waals surface area contributed by atoms with Crippen molar-refractivity contribution in [2.45, 2.75) is 25.9 Å². The van der Waals surface area contributed by atoms with E-state index in [1.54, 1.807) is 7.11 Å². The van der Waals surface area contributed by atoms with Gasteiger partial charge in [-0.05, 0) is 53.9 Å². The van der Waals surface area contributed by atoms with Crippen LogP contribution in [0.25, 0.3) is 0 Å². The zero-order valence-corrected chi connectivity index (χ0v) is 17.8. The van der Waals surface area contributed by atoms with Crippen molar-refractivity contribution in [3.05, 3.63) is 82.0 Å². The van der Waals surface area contributed by atoms with Gasteiger partial charge < -0.3 is 10.1 Å². The number of fused-ring (bicyclic) bond motifs is 1. The van der Waals surface area contributed by atoms with Crippen molar-refractivity contribution < 1.29 is 9.13 Å². The number of aromatic nitrogens is 2. The van der Waals surface area contributed by atoms with Crippen molar-refractivity contribution in [1.29, 1.82) is 0 Å². The van der Waals surface area contributed by atoms with E-state index in [0.29, 0.717) is 6.54 Å². The Kier molecular flexibility index (Phi) is 6.16. The van der Waals surface area contributed by atoms with Gasteiger partial charge in [0.05, 0.1) is 12.8 Å². The Balaban J connectivity index is 1.71. The lowest BCUT2D eigenvalue weighted by Gasteiger charge is -2.35. The van der Waals surface area contributed by atoms with Gasteiger partial charge in [-0.15, -0.1) is 0 Å². The summed E-state index contributed by atoms with van der Waals surface area (Å²) in [5.74, 6) is 1.33. The second-order valence-corrected chi connectivity index (χ2v) is 7.70. The number of halogens is 2. The molecule has 0 spiro atoms. The van der Waals surface area contributed by atoms with Crippen molar-refractivity contribution in [3.63, 3.8) is 0 Å². The molecule has 156 valence electrons. The van der Waals surface area contributed by atoms with Gasteiger partial charge >= 0.3 is 0 Å². The predicted molar refractivity (Wildman–Crippen MR) is 117 cm³/mol. The molecule has 1 aliphatic heterocycles. The first kappa shape index (κ1) is 20.6. The van der Waals surface area contributed by atoms with E-state index in [-0.39, 0.29) is 17.0 Å². The summed E-state index contributed by atoms with van der Waals surface area (Å²) in [5.41, 5.74) is 4.14. The number of benzene rings is 2. The molecule has 3 aromatic rings. The van der Waals surface area contributed by atoms with Crippen LogP contribution in [0.5, 0.6) is 5.75 Å². The van der Waals surface area contributed by atoms with Gasteiger partial charge in [-0.1, -0.05) is 24.3 Å². The zero-order chi connectivity index (χ0) is 21.1. The quantitative estimate of drug-likeness (QED) is 0.570. The smallest absolute Gasteiger partial charge is 0.224 e. The molecular weight excluding hydrogens is 403 g/mol. The van der Waals surface area contributed by atoms with E-state index in [0.717, 1.165) is 48.0 Å². The molecule has 2 aromatic carbocycles. The van der Waals surface area contributed by atoms with E-state index in [1.165, 1.54) is 17.7 Å². The number of hydrogen-bond acceptors (Lipinski definition) is 5. The molecule has 0 amide bonds. The van der Waals surface area contributed by atoms with Crippen molar-refractivity contribution in [2.24, 2.45) is 0 Å². The Hall–Kier alpha value is -2.70. The van der Waals surface area contributed by atoms with Crippen LogP contribution in [-0.4, -0.2) is 35.1 Å². The summed E-state index contributed by atoms with van der Waals surface area (Å²) in [7, 11) is 1.66. The molecule has 1 atom stereocenters. The standard InChI is InChI=1S/C23H24ClFN4O/c1-3-26-22-20-14-29(12-15-4-10-18(30-2)11-5-15)13-19(21(20)27-23(24)28-22)16-6-8-17(25)9-7-16/h4-11,19H,3,12-14H2,1-2H3,(H,26,27,28). The summed E-state index contributed by atoms with van der Waals surface area (Å²) in [6.07, 6.45) is 0. The Morgan fingerprint density at radius 2 is 1.87 bits per heavy atom. The van der Waals surface area contributed by atoms with E-state index in [9.17, 15) is 4.39 Å². The first-order valence-corrected chi connectivity index (χ1v) is 10.4. The molecule has 0 saturated heterocycles. The maximum absolute atomic E-state index is 13.5. The van der Waals surface area contributed by atoms with Gasteiger partial charge in [0.25, 0.3) is 0 Å². The number of hydrogen-bond donors (Lipinski definition) is 1. The Morgan fingerprint density at radius 3 is 2.53 bits per heavy atom. The minimum atomic E-state index is -0.251. The predicted octanol–water partition coefficient (Wildman–Crippen LogP) is 4.86. The van der Waals surface area contributed by atoms with Crippen molar-refractivity contribution in [2.75, 3.05) is 25.5 Å². The van der Waals surface area contributed by atoms with Crippen LogP contribution < -0.4 is 10.1 Å². The molecule has 0 saturated carbocycles. The number of ether oxygens (including phenoxy) is 1. The van der Waals surface area contributed by atoms with Gasteiger partial charge in [0.2, 0.25) is 5.28 Å². The third kappa shape index (κ3) is 4.40. The topological polar surface area (TPSA) is 50.3 Å². The largest absolute Gasteiger partial charge is 0.497 e. The highest BCUT2D eigenvalue weighted by atomic mass is 35.5. The summed E-state index contributed by atoms with van der Waals surface area (Å²) in [6, 6.07) is 14.7. The maximum Gasteiger partial charge on any atom is 0.224 e. The second kappa shape index (κ2) is 8.98. The van der Waals surface area contributed by atoms with Gasteiger partial charge in [-0.3, -0.25) is 4.90 Å². The Bertz CT molecular complexity index is 1010. The molecule has 7 heteroatoms. The lowest BCUT2D eigenvalue weighted by Crippen LogP contribution is -2.35.